The molecule has 3 aromatic rings. The van der Waals surface area contributed by atoms with Gasteiger partial charge in [0, 0.05) is 34.3 Å². The number of benzene rings is 1. The number of halogens is 1. The van der Waals surface area contributed by atoms with E-state index in [0.717, 1.165) is 27.1 Å². The molecule has 0 spiro atoms. The van der Waals surface area contributed by atoms with Crippen molar-refractivity contribution in [1.82, 2.24) is 14.5 Å². The molecule has 0 aliphatic heterocycles. The fourth-order valence-corrected chi connectivity index (χ4v) is 3.71. The van der Waals surface area contributed by atoms with Gasteiger partial charge in [-0.1, -0.05) is 23.7 Å². The number of hydrogen-bond acceptors (Lipinski definition) is 4. The minimum absolute atomic E-state index is 0.150. The molecule has 0 saturated carbocycles. The van der Waals surface area contributed by atoms with Crippen LogP contribution in [0.2, 0.25) is 5.02 Å². The van der Waals surface area contributed by atoms with Gasteiger partial charge in [-0.3, -0.25) is 9.36 Å². The number of aromatic nitrogens is 3. The van der Waals surface area contributed by atoms with Crippen molar-refractivity contribution in [3.63, 3.8) is 0 Å². The van der Waals surface area contributed by atoms with Crippen LogP contribution in [0.15, 0.2) is 36.7 Å². The summed E-state index contributed by atoms with van der Waals surface area (Å²) in [5, 5.41) is 10.4. The Labute approximate surface area is 148 Å². The van der Waals surface area contributed by atoms with Gasteiger partial charge in [-0.15, -0.1) is 11.3 Å². The Bertz CT molecular complexity index is 855. The Morgan fingerprint density at radius 1 is 1.33 bits per heavy atom. The number of aliphatic carboxylic acids is 1. The van der Waals surface area contributed by atoms with E-state index in [1.807, 2.05) is 42.0 Å². The van der Waals surface area contributed by atoms with Gasteiger partial charge in [0.1, 0.15) is 5.82 Å². The van der Waals surface area contributed by atoms with Crippen LogP contribution in [0.5, 0.6) is 0 Å². The first kappa shape index (κ1) is 16.7. The molecule has 0 saturated heterocycles. The zero-order chi connectivity index (χ0) is 17.1. The third-order valence-corrected chi connectivity index (χ3v) is 5.00. The zero-order valence-electron chi connectivity index (χ0n) is 13.1. The summed E-state index contributed by atoms with van der Waals surface area (Å²) in [5.74, 6) is 0.0849. The van der Waals surface area contributed by atoms with Crippen LogP contribution in [0, 0.1) is 6.92 Å². The number of imidazole rings is 1. The molecule has 1 N–H and O–H groups in total. The standard InChI is InChI=1S/C17H16ClN3O2S/c1-11-19-9-10-21(11)17-20-16(12-5-7-13(18)8-6-12)14(24-17)3-2-4-15(22)23/h5-10H,2-4H2,1H3,(H,22,23). The number of rotatable bonds is 6. The van der Waals surface area contributed by atoms with Crippen molar-refractivity contribution in [1.29, 1.82) is 0 Å². The molecule has 24 heavy (non-hydrogen) atoms. The topological polar surface area (TPSA) is 68.0 Å². The molecule has 0 amide bonds. The van der Waals surface area contributed by atoms with E-state index in [4.69, 9.17) is 21.7 Å². The predicted molar refractivity (Wildman–Crippen MR) is 95.0 cm³/mol. The average molecular weight is 362 g/mol. The summed E-state index contributed by atoms with van der Waals surface area (Å²) in [7, 11) is 0. The fourth-order valence-electron chi connectivity index (χ4n) is 2.43. The van der Waals surface area contributed by atoms with Crippen molar-refractivity contribution in [3.8, 4) is 16.4 Å². The van der Waals surface area contributed by atoms with Gasteiger partial charge in [0.05, 0.1) is 5.69 Å². The molecule has 2 aromatic heterocycles. The second kappa shape index (κ2) is 7.15. The van der Waals surface area contributed by atoms with Crippen LogP contribution in [0.25, 0.3) is 16.4 Å². The number of carboxylic acids is 1. The monoisotopic (exact) mass is 361 g/mol. The van der Waals surface area contributed by atoms with Gasteiger partial charge >= 0.3 is 5.97 Å². The maximum atomic E-state index is 10.8. The molecule has 7 heteroatoms. The Balaban J connectivity index is 1.97. The maximum absolute atomic E-state index is 10.8. The number of carboxylic acid groups (broad SMARTS) is 1. The van der Waals surface area contributed by atoms with Gasteiger partial charge < -0.3 is 5.11 Å². The quantitative estimate of drug-likeness (QED) is 0.708. The minimum atomic E-state index is -0.779. The molecule has 0 aliphatic rings. The first-order chi connectivity index (χ1) is 11.5. The Kier molecular flexibility index (Phi) is 4.97. The van der Waals surface area contributed by atoms with Gasteiger partial charge in [0.15, 0.2) is 5.13 Å². The van der Waals surface area contributed by atoms with Gasteiger partial charge in [-0.05, 0) is 31.9 Å². The molecule has 0 atom stereocenters. The molecular formula is C17H16ClN3O2S. The van der Waals surface area contributed by atoms with Crippen LogP contribution in [-0.2, 0) is 11.2 Å². The van der Waals surface area contributed by atoms with E-state index in [2.05, 4.69) is 4.98 Å². The van der Waals surface area contributed by atoms with Gasteiger partial charge in [-0.25, -0.2) is 9.97 Å². The van der Waals surface area contributed by atoms with Crippen molar-refractivity contribution in [2.24, 2.45) is 0 Å². The van der Waals surface area contributed by atoms with E-state index in [9.17, 15) is 4.79 Å². The summed E-state index contributed by atoms with van der Waals surface area (Å²) in [6.45, 7) is 1.92. The lowest BCUT2D eigenvalue weighted by Gasteiger charge is -2.02. The molecule has 3 rings (SSSR count). The third kappa shape index (κ3) is 3.66. The molecular weight excluding hydrogens is 346 g/mol. The number of hydrogen-bond donors (Lipinski definition) is 1. The summed E-state index contributed by atoms with van der Waals surface area (Å²) < 4.78 is 1.94. The summed E-state index contributed by atoms with van der Waals surface area (Å²) in [6, 6.07) is 7.53. The predicted octanol–water partition coefficient (Wildman–Crippen LogP) is 4.36. The average Bonchev–Trinajstić information content (AvgIpc) is 3.14. The Morgan fingerprint density at radius 3 is 2.71 bits per heavy atom. The Hall–Kier alpha value is -2.18. The molecule has 0 radical (unpaired) electrons. The molecule has 0 fully saturated rings. The molecule has 1 aromatic carbocycles. The van der Waals surface area contributed by atoms with Crippen LogP contribution in [0.3, 0.4) is 0 Å². The van der Waals surface area contributed by atoms with Crippen LogP contribution < -0.4 is 0 Å². The summed E-state index contributed by atoms with van der Waals surface area (Å²) >= 11 is 7.54. The van der Waals surface area contributed by atoms with Crippen molar-refractivity contribution >= 4 is 28.9 Å². The smallest absolute Gasteiger partial charge is 0.303 e. The summed E-state index contributed by atoms with van der Waals surface area (Å²) in [4.78, 5) is 20.8. The van der Waals surface area contributed by atoms with Crippen molar-refractivity contribution in [3.05, 3.63) is 52.4 Å². The third-order valence-electron chi connectivity index (χ3n) is 3.63. The van der Waals surface area contributed by atoms with Gasteiger partial charge in [0.2, 0.25) is 0 Å². The lowest BCUT2D eigenvalue weighted by atomic mass is 10.1. The van der Waals surface area contributed by atoms with Crippen molar-refractivity contribution in [2.45, 2.75) is 26.2 Å². The molecule has 0 aliphatic carbocycles. The van der Waals surface area contributed by atoms with E-state index < -0.39 is 5.97 Å². The molecule has 124 valence electrons. The SMILES string of the molecule is Cc1nccn1-c1nc(-c2ccc(Cl)cc2)c(CCCC(=O)O)s1. The number of nitrogens with zero attached hydrogens (tertiary/aromatic N) is 3. The van der Waals surface area contributed by atoms with Crippen LogP contribution in [0.4, 0.5) is 0 Å². The van der Waals surface area contributed by atoms with Crippen molar-refractivity contribution < 1.29 is 9.90 Å². The van der Waals surface area contributed by atoms with E-state index in [-0.39, 0.29) is 6.42 Å². The number of thiazole rings is 1. The molecule has 2 heterocycles. The highest BCUT2D eigenvalue weighted by molar-refractivity contribution is 7.14. The normalized spacial score (nSPS) is 10.9. The highest BCUT2D eigenvalue weighted by Crippen LogP contribution is 2.32. The molecule has 0 bridgehead atoms. The van der Waals surface area contributed by atoms with Gasteiger partial charge in [-0.2, -0.15) is 0 Å². The zero-order valence-corrected chi connectivity index (χ0v) is 14.6. The van der Waals surface area contributed by atoms with Gasteiger partial charge in [0.25, 0.3) is 0 Å². The van der Waals surface area contributed by atoms with Crippen LogP contribution >= 0.6 is 22.9 Å². The first-order valence-corrected chi connectivity index (χ1v) is 8.72. The second-order valence-corrected chi connectivity index (χ2v) is 6.87. The highest BCUT2D eigenvalue weighted by Gasteiger charge is 2.15. The minimum Gasteiger partial charge on any atom is -0.481 e. The summed E-state index contributed by atoms with van der Waals surface area (Å²) in [5.41, 5.74) is 1.86. The van der Waals surface area contributed by atoms with E-state index >= 15 is 0 Å². The van der Waals surface area contributed by atoms with Crippen LogP contribution in [-0.4, -0.2) is 25.6 Å². The van der Waals surface area contributed by atoms with Crippen molar-refractivity contribution in [2.75, 3.05) is 0 Å². The highest BCUT2D eigenvalue weighted by atomic mass is 35.5. The van der Waals surface area contributed by atoms with E-state index in [1.54, 1.807) is 17.5 Å². The van der Waals surface area contributed by atoms with E-state index in [1.165, 1.54) is 0 Å². The molecule has 0 unspecified atom stereocenters. The maximum Gasteiger partial charge on any atom is 0.303 e. The molecule has 5 nitrogen and oxygen atoms in total. The summed E-state index contributed by atoms with van der Waals surface area (Å²) in [6.07, 6.45) is 5.02. The fraction of sp³-hybridized carbons (Fsp3) is 0.235. The Morgan fingerprint density at radius 2 is 2.08 bits per heavy atom. The first-order valence-electron chi connectivity index (χ1n) is 7.52. The second-order valence-electron chi connectivity index (χ2n) is 5.37. The van der Waals surface area contributed by atoms with Crippen LogP contribution in [0.1, 0.15) is 23.5 Å². The number of carbonyl (C=O) groups is 1. The lowest BCUT2D eigenvalue weighted by Crippen LogP contribution is -1.96. The largest absolute Gasteiger partial charge is 0.481 e. The lowest BCUT2D eigenvalue weighted by molar-refractivity contribution is -0.137. The number of aryl methyl sites for hydroxylation is 2. The van der Waals surface area contributed by atoms with E-state index in [0.29, 0.717) is 17.9 Å².